The lowest BCUT2D eigenvalue weighted by Crippen LogP contribution is -2.32. The first-order valence-electron chi connectivity index (χ1n) is 4.59. The molecule has 4 heteroatoms. The highest BCUT2D eigenvalue weighted by molar-refractivity contribution is 5.58. The summed E-state index contributed by atoms with van der Waals surface area (Å²) in [7, 11) is 0. The van der Waals surface area contributed by atoms with Gasteiger partial charge in [-0.05, 0) is 18.6 Å². The molecule has 0 saturated heterocycles. The Bertz CT molecular complexity index is 330. The van der Waals surface area contributed by atoms with Crippen LogP contribution in [0.2, 0.25) is 0 Å². The summed E-state index contributed by atoms with van der Waals surface area (Å²) < 4.78 is 18.1. The predicted molar refractivity (Wildman–Crippen MR) is 51.0 cm³/mol. The molecular formula is C10H12FNO2. The van der Waals surface area contributed by atoms with Gasteiger partial charge in [0.1, 0.15) is 18.2 Å². The third kappa shape index (κ3) is 1.80. The third-order valence-corrected chi connectivity index (χ3v) is 2.22. The van der Waals surface area contributed by atoms with Crippen LogP contribution in [0.15, 0.2) is 18.2 Å². The van der Waals surface area contributed by atoms with Gasteiger partial charge in [-0.3, -0.25) is 0 Å². The van der Waals surface area contributed by atoms with Gasteiger partial charge in [0, 0.05) is 12.7 Å². The molecule has 1 aromatic carbocycles. The number of hydrogen-bond acceptors (Lipinski definition) is 3. The molecule has 2 rings (SSSR count). The fourth-order valence-electron chi connectivity index (χ4n) is 1.50. The quantitative estimate of drug-likeness (QED) is 0.752. The molecule has 3 nitrogen and oxygen atoms in total. The molecule has 76 valence electrons. The highest BCUT2D eigenvalue weighted by Crippen LogP contribution is 2.29. The number of nitrogens with one attached hydrogen (secondary N) is 1. The minimum absolute atomic E-state index is 0.109. The van der Waals surface area contributed by atoms with E-state index in [-0.39, 0.29) is 18.5 Å². The molecular weight excluding hydrogens is 185 g/mol. The second-order valence-corrected chi connectivity index (χ2v) is 3.31. The Hall–Kier alpha value is -1.29. The van der Waals surface area contributed by atoms with E-state index in [2.05, 4.69) is 5.32 Å². The Balaban J connectivity index is 2.15. The van der Waals surface area contributed by atoms with E-state index in [9.17, 15) is 4.39 Å². The number of anilines is 1. The fourth-order valence-corrected chi connectivity index (χ4v) is 1.50. The van der Waals surface area contributed by atoms with Gasteiger partial charge in [0.25, 0.3) is 0 Å². The average molecular weight is 197 g/mol. The molecule has 0 amide bonds. The van der Waals surface area contributed by atoms with Crippen LogP contribution in [0, 0.1) is 5.82 Å². The van der Waals surface area contributed by atoms with E-state index >= 15 is 0 Å². The zero-order valence-electron chi connectivity index (χ0n) is 7.66. The summed E-state index contributed by atoms with van der Waals surface area (Å²) in [5.74, 6) is 0.241. The zero-order chi connectivity index (χ0) is 9.97. The number of rotatable bonds is 2. The number of benzene rings is 1. The summed E-state index contributed by atoms with van der Waals surface area (Å²) in [6, 6.07) is 4.50. The van der Waals surface area contributed by atoms with E-state index in [0.29, 0.717) is 18.8 Å². The maximum atomic E-state index is 12.8. The minimum Gasteiger partial charge on any atom is -0.489 e. The molecule has 0 saturated carbocycles. The van der Waals surface area contributed by atoms with E-state index in [1.165, 1.54) is 12.1 Å². The van der Waals surface area contributed by atoms with Crippen LogP contribution >= 0.6 is 0 Å². The first-order valence-corrected chi connectivity index (χ1v) is 4.59. The summed E-state index contributed by atoms with van der Waals surface area (Å²) in [6.45, 7) is 0.592. The Labute approximate surface area is 81.5 Å². The molecule has 14 heavy (non-hydrogen) atoms. The van der Waals surface area contributed by atoms with E-state index in [1.54, 1.807) is 6.07 Å². The van der Waals surface area contributed by atoms with Gasteiger partial charge in [0.2, 0.25) is 0 Å². The molecule has 2 N–H and O–H groups in total. The number of halogens is 1. The Morgan fingerprint density at radius 2 is 2.43 bits per heavy atom. The van der Waals surface area contributed by atoms with Gasteiger partial charge in [0.15, 0.2) is 0 Å². The Kier molecular flexibility index (Phi) is 2.54. The highest BCUT2D eigenvalue weighted by atomic mass is 19.1. The molecule has 1 heterocycles. The van der Waals surface area contributed by atoms with Gasteiger partial charge in [0.05, 0.1) is 11.7 Å². The van der Waals surface area contributed by atoms with Gasteiger partial charge in [-0.15, -0.1) is 0 Å². The molecule has 0 aromatic heterocycles. The second kappa shape index (κ2) is 3.84. The van der Waals surface area contributed by atoms with Crippen molar-refractivity contribution in [1.29, 1.82) is 0 Å². The lowest BCUT2D eigenvalue weighted by molar-refractivity contribution is 0.232. The van der Waals surface area contributed by atoms with E-state index < -0.39 is 0 Å². The van der Waals surface area contributed by atoms with Gasteiger partial charge >= 0.3 is 0 Å². The van der Waals surface area contributed by atoms with Crippen LogP contribution in [0.1, 0.15) is 6.42 Å². The SMILES string of the molecule is OCCC1COc2cc(F)ccc2N1. The van der Waals surface area contributed by atoms with Crippen LogP contribution in [0.4, 0.5) is 10.1 Å². The second-order valence-electron chi connectivity index (χ2n) is 3.31. The van der Waals surface area contributed by atoms with E-state index in [0.717, 1.165) is 5.69 Å². The van der Waals surface area contributed by atoms with Gasteiger partial charge in [-0.2, -0.15) is 0 Å². The van der Waals surface area contributed by atoms with Crippen LogP contribution in [0.5, 0.6) is 5.75 Å². The van der Waals surface area contributed by atoms with Crippen molar-refractivity contribution in [3.05, 3.63) is 24.0 Å². The summed E-state index contributed by atoms with van der Waals surface area (Å²) >= 11 is 0. The van der Waals surface area contributed by atoms with Crippen molar-refractivity contribution in [2.75, 3.05) is 18.5 Å². The molecule has 0 fully saturated rings. The zero-order valence-corrected chi connectivity index (χ0v) is 7.66. The van der Waals surface area contributed by atoms with Crippen molar-refractivity contribution in [2.24, 2.45) is 0 Å². The van der Waals surface area contributed by atoms with Crippen molar-refractivity contribution >= 4 is 5.69 Å². The molecule has 1 atom stereocenters. The van der Waals surface area contributed by atoms with Crippen molar-refractivity contribution in [1.82, 2.24) is 0 Å². The molecule has 1 unspecified atom stereocenters. The Morgan fingerprint density at radius 3 is 3.21 bits per heavy atom. The predicted octanol–water partition coefficient (Wildman–Crippen LogP) is 1.38. The van der Waals surface area contributed by atoms with Gasteiger partial charge in [-0.25, -0.2) is 4.39 Å². The van der Waals surface area contributed by atoms with Gasteiger partial charge < -0.3 is 15.2 Å². The summed E-state index contributed by atoms with van der Waals surface area (Å²) in [4.78, 5) is 0. The smallest absolute Gasteiger partial charge is 0.145 e. The largest absolute Gasteiger partial charge is 0.489 e. The molecule has 0 radical (unpaired) electrons. The van der Waals surface area contributed by atoms with Crippen LogP contribution in [-0.2, 0) is 0 Å². The summed E-state index contributed by atoms with van der Waals surface area (Å²) in [6.07, 6.45) is 0.636. The number of ether oxygens (including phenoxy) is 1. The number of aliphatic hydroxyl groups excluding tert-OH is 1. The van der Waals surface area contributed by atoms with Crippen LogP contribution < -0.4 is 10.1 Å². The summed E-state index contributed by atoms with van der Waals surface area (Å²) in [5.41, 5.74) is 0.788. The van der Waals surface area contributed by atoms with Crippen molar-refractivity contribution in [3.8, 4) is 5.75 Å². The molecule has 1 aliphatic heterocycles. The fraction of sp³-hybridized carbons (Fsp3) is 0.400. The molecule has 0 aliphatic carbocycles. The van der Waals surface area contributed by atoms with Crippen LogP contribution in [0.3, 0.4) is 0 Å². The average Bonchev–Trinajstić information content (AvgIpc) is 2.19. The van der Waals surface area contributed by atoms with Crippen molar-refractivity contribution in [2.45, 2.75) is 12.5 Å². The maximum Gasteiger partial charge on any atom is 0.145 e. The standard InChI is InChI=1S/C10H12FNO2/c11-7-1-2-9-10(5-7)14-6-8(12-9)3-4-13/h1-2,5,8,12-13H,3-4,6H2. The third-order valence-electron chi connectivity index (χ3n) is 2.22. The molecule has 1 aliphatic rings. The number of hydrogen-bond donors (Lipinski definition) is 2. The highest BCUT2D eigenvalue weighted by Gasteiger charge is 2.18. The maximum absolute atomic E-state index is 12.8. The molecule has 0 spiro atoms. The van der Waals surface area contributed by atoms with Crippen LogP contribution in [-0.4, -0.2) is 24.4 Å². The van der Waals surface area contributed by atoms with Crippen molar-refractivity contribution < 1.29 is 14.2 Å². The topological polar surface area (TPSA) is 41.5 Å². The normalized spacial score (nSPS) is 19.4. The van der Waals surface area contributed by atoms with E-state index in [4.69, 9.17) is 9.84 Å². The summed E-state index contributed by atoms with van der Waals surface area (Å²) in [5, 5.41) is 11.9. The molecule has 1 aromatic rings. The van der Waals surface area contributed by atoms with Gasteiger partial charge in [-0.1, -0.05) is 0 Å². The monoisotopic (exact) mass is 197 g/mol. The van der Waals surface area contributed by atoms with Crippen LogP contribution in [0.25, 0.3) is 0 Å². The number of fused-ring (bicyclic) bond motifs is 1. The lowest BCUT2D eigenvalue weighted by atomic mass is 10.1. The number of aliphatic hydroxyl groups is 1. The Morgan fingerprint density at radius 1 is 1.57 bits per heavy atom. The van der Waals surface area contributed by atoms with E-state index in [1.807, 2.05) is 0 Å². The lowest BCUT2D eigenvalue weighted by Gasteiger charge is -2.26. The minimum atomic E-state index is -0.300. The van der Waals surface area contributed by atoms with Crippen molar-refractivity contribution in [3.63, 3.8) is 0 Å². The first-order chi connectivity index (χ1) is 6.79. The molecule has 0 bridgehead atoms. The first kappa shape index (κ1) is 9.27.